The van der Waals surface area contributed by atoms with E-state index in [1.165, 1.54) is 0 Å². The molecule has 86 valence electrons. The summed E-state index contributed by atoms with van der Waals surface area (Å²) >= 11 is 5.90. The third-order valence-corrected chi connectivity index (χ3v) is 3.46. The summed E-state index contributed by atoms with van der Waals surface area (Å²) < 4.78 is 0. The van der Waals surface area contributed by atoms with E-state index >= 15 is 0 Å². The quantitative estimate of drug-likeness (QED) is 0.699. The highest BCUT2D eigenvalue weighted by atomic mass is 35.5. The number of hydrogen-bond acceptors (Lipinski definition) is 5. The molecule has 6 heteroatoms. The van der Waals surface area contributed by atoms with Crippen molar-refractivity contribution in [3.05, 3.63) is 11.2 Å². The van der Waals surface area contributed by atoms with E-state index in [1.807, 2.05) is 6.07 Å². The van der Waals surface area contributed by atoms with Crippen LogP contribution < -0.4 is 15.5 Å². The van der Waals surface area contributed by atoms with Crippen molar-refractivity contribution >= 4 is 23.1 Å². The molecular weight excluding hydrogens is 226 g/mol. The highest BCUT2D eigenvalue weighted by Gasteiger charge is 2.34. The van der Waals surface area contributed by atoms with Crippen molar-refractivity contribution in [1.82, 2.24) is 15.5 Å². The average Bonchev–Trinajstić information content (AvgIpc) is 2.31. The van der Waals surface area contributed by atoms with E-state index in [0.717, 1.165) is 31.1 Å². The summed E-state index contributed by atoms with van der Waals surface area (Å²) in [5, 5.41) is 15.2. The van der Waals surface area contributed by atoms with Gasteiger partial charge in [0.05, 0.1) is 11.7 Å². The van der Waals surface area contributed by atoms with Crippen molar-refractivity contribution in [2.75, 3.05) is 29.9 Å². The van der Waals surface area contributed by atoms with Crippen molar-refractivity contribution in [2.45, 2.75) is 19.0 Å². The van der Waals surface area contributed by atoms with Gasteiger partial charge in [0.15, 0.2) is 11.0 Å². The van der Waals surface area contributed by atoms with Crippen LogP contribution in [0.1, 0.15) is 6.92 Å². The number of aromatic nitrogens is 2. The number of nitrogens with zero attached hydrogens (tertiary/aromatic N) is 3. The Balaban J connectivity index is 2.04. The van der Waals surface area contributed by atoms with E-state index in [4.69, 9.17) is 11.6 Å². The van der Waals surface area contributed by atoms with Gasteiger partial charge in [0.1, 0.15) is 0 Å². The minimum atomic E-state index is 0.371. The number of halogens is 1. The Morgan fingerprint density at radius 3 is 3.25 bits per heavy atom. The van der Waals surface area contributed by atoms with E-state index in [2.05, 4.69) is 32.7 Å². The number of fused-ring (bicyclic) bond motifs is 3. The fraction of sp³-hybridized carbons (Fsp3) is 0.600. The lowest BCUT2D eigenvalue weighted by Gasteiger charge is -2.45. The summed E-state index contributed by atoms with van der Waals surface area (Å²) in [6.45, 7) is 5.16. The second kappa shape index (κ2) is 3.75. The SMILES string of the molecule is C[C@@H]1Nc2nnc(Cl)cc2N2CCNC[C@@H]12. The van der Waals surface area contributed by atoms with Crippen LogP contribution in [-0.4, -0.2) is 41.9 Å². The zero-order valence-electron chi connectivity index (χ0n) is 9.07. The van der Waals surface area contributed by atoms with Crippen LogP contribution in [0.3, 0.4) is 0 Å². The fourth-order valence-corrected chi connectivity index (χ4v) is 2.61. The third kappa shape index (κ3) is 1.51. The van der Waals surface area contributed by atoms with Gasteiger partial charge in [0.25, 0.3) is 0 Å². The Hall–Kier alpha value is -1.07. The van der Waals surface area contributed by atoms with Gasteiger partial charge in [-0.1, -0.05) is 11.6 Å². The highest BCUT2D eigenvalue weighted by Crippen LogP contribution is 2.33. The molecule has 1 saturated heterocycles. The van der Waals surface area contributed by atoms with Gasteiger partial charge < -0.3 is 15.5 Å². The molecule has 0 saturated carbocycles. The smallest absolute Gasteiger partial charge is 0.172 e. The molecule has 2 aliphatic heterocycles. The number of nitrogens with one attached hydrogen (secondary N) is 2. The molecule has 1 fully saturated rings. The average molecular weight is 240 g/mol. The van der Waals surface area contributed by atoms with Gasteiger partial charge in [0, 0.05) is 31.7 Å². The van der Waals surface area contributed by atoms with Crippen LogP contribution in [0, 0.1) is 0 Å². The first-order valence-corrected chi connectivity index (χ1v) is 5.90. The predicted octanol–water partition coefficient (Wildman–Crippen LogP) is 0.722. The molecule has 0 spiro atoms. The molecule has 0 aliphatic carbocycles. The summed E-state index contributed by atoms with van der Waals surface area (Å²) in [5.74, 6) is 0.843. The van der Waals surface area contributed by atoms with E-state index in [9.17, 15) is 0 Å². The number of piperazine rings is 1. The van der Waals surface area contributed by atoms with Crippen LogP contribution in [0.4, 0.5) is 11.5 Å². The third-order valence-electron chi connectivity index (χ3n) is 3.28. The molecule has 2 atom stereocenters. The molecule has 3 heterocycles. The van der Waals surface area contributed by atoms with Crippen LogP contribution in [-0.2, 0) is 0 Å². The molecule has 0 bridgehead atoms. The lowest BCUT2D eigenvalue weighted by molar-refractivity contribution is 0.432. The van der Waals surface area contributed by atoms with Crippen molar-refractivity contribution in [3.8, 4) is 0 Å². The van der Waals surface area contributed by atoms with Crippen molar-refractivity contribution in [2.24, 2.45) is 0 Å². The van der Waals surface area contributed by atoms with Crippen molar-refractivity contribution in [3.63, 3.8) is 0 Å². The lowest BCUT2D eigenvalue weighted by Crippen LogP contribution is -2.60. The van der Waals surface area contributed by atoms with Gasteiger partial charge in [-0.3, -0.25) is 0 Å². The Kier molecular flexibility index (Phi) is 2.37. The maximum Gasteiger partial charge on any atom is 0.172 e. The molecule has 0 unspecified atom stereocenters. The molecule has 5 nitrogen and oxygen atoms in total. The van der Waals surface area contributed by atoms with E-state index in [0.29, 0.717) is 17.2 Å². The lowest BCUT2D eigenvalue weighted by atomic mass is 10.0. The molecule has 0 radical (unpaired) electrons. The second-order valence-electron chi connectivity index (χ2n) is 4.30. The molecule has 0 aromatic carbocycles. The summed E-state index contributed by atoms with van der Waals surface area (Å²) in [6, 6.07) is 2.72. The van der Waals surface area contributed by atoms with Gasteiger partial charge >= 0.3 is 0 Å². The molecule has 2 N–H and O–H groups in total. The van der Waals surface area contributed by atoms with Crippen LogP contribution in [0.15, 0.2) is 6.07 Å². The van der Waals surface area contributed by atoms with Crippen LogP contribution in [0.5, 0.6) is 0 Å². The van der Waals surface area contributed by atoms with Gasteiger partial charge in [-0.05, 0) is 6.92 Å². The van der Waals surface area contributed by atoms with E-state index in [-0.39, 0.29) is 0 Å². The molecule has 0 amide bonds. The zero-order chi connectivity index (χ0) is 11.1. The van der Waals surface area contributed by atoms with Crippen molar-refractivity contribution in [1.29, 1.82) is 0 Å². The van der Waals surface area contributed by atoms with E-state index in [1.54, 1.807) is 0 Å². The van der Waals surface area contributed by atoms with Gasteiger partial charge in [-0.2, -0.15) is 0 Å². The Morgan fingerprint density at radius 2 is 2.38 bits per heavy atom. The minimum Gasteiger partial charge on any atom is -0.362 e. The monoisotopic (exact) mass is 239 g/mol. The van der Waals surface area contributed by atoms with Gasteiger partial charge in [-0.25, -0.2) is 0 Å². The predicted molar refractivity (Wildman–Crippen MR) is 64.1 cm³/mol. The molecule has 1 aromatic heterocycles. The highest BCUT2D eigenvalue weighted by molar-refractivity contribution is 6.29. The summed E-state index contributed by atoms with van der Waals surface area (Å²) in [5.41, 5.74) is 1.07. The van der Waals surface area contributed by atoms with Gasteiger partial charge in [-0.15, -0.1) is 10.2 Å². The number of rotatable bonds is 0. The zero-order valence-corrected chi connectivity index (χ0v) is 9.83. The Labute approximate surface area is 99.2 Å². The van der Waals surface area contributed by atoms with Crippen molar-refractivity contribution < 1.29 is 0 Å². The maximum atomic E-state index is 5.90. The standard InChI is InChI=1S/C10H14ClN5/c1-6-8-5-12-2-3-16(8)7-4-9(11)14-15-10(7)13-6/h4,6,8,12H,2-3,5H2,1H3,(H,13,15)/t6-,8-/m0/s1. The van der Waals surface area contributed by atoms with Gasteiger partial charge in [0.2, 0.25) is 0 Å². The fourth-order valence-electron chi connectivity index (χ4n) is 2.46. The molecule has 1 aromatic rings. The largest absolute Gasteiger partial charge is 0.362 e. The van der Waals surface area contributed by atoms with E-state index < -0.39 is 0 Å². The molecule has 2 aliphatic rings. The number of anilines is 2. The normalized spacial score (nSPS) is 28.0. The minimum absolute atomic E-state index is 0.371. The Bertz CT molecular complexity index is 410. The maximum absolute atomic E-state index is 5.90. The summed E-state index contributed by atoms with van der Waals surface area (Å²) in [7, 11) is 0. The number of hydrogen-bond donors (Lipinski definition) is 2. The Morgan fingerprint density at radius 1 is 1.50 bits per heavy atom. The van der Waals surface area contributed by atoms with Crippen LogP contribution in [0.2, 0.25) is 5.15 Å². The molecule has 3 rings (SSSR count). The first kappa shape index (κ1) is 10.1. The van der Waals surface area contributed by atoms with Crippen LogP contribution in [0.25, 0.3) is 0 Å². The molecule has 16 heavy (non-hydrogen) atoms. The molecular formula is C10H14ClN5. The topological polar surface area (TPSA) is 53.1 Å². The first-order valence-electron chi connectivity index (χ1n) is 5.53. The summed E-state index contributed by atoms with van der Waals surface area (Å²) in [4.78, 5) is 2.37. The summed E-state index contributed by atoms with van der Waals surface area (Å²) in [6.07, 6.45) is 0. The van der Waals surface area contributed by atoms with Crippen LogP contribution >= 0.6 is 11.6 Å². The first-order chi connectivity index (χ1) is 7.75. The second-order valence-corrected chi connectivity index (χ2v) is 4.69.